The number of hydrogen-bond donors (Lipinski definition) is 0. The maximum Gasteiger partial charge on any atom is 0.0610 e. The Bertz CT molecular complexity index is 314. The summed E-state index contributed by atoms with van der Waals surface area (Å²) in [6.45, 7) is 2.30. The summed E-state index contributed by atoms with van der Waals surface area (Å²) in [4.78, 5) is 0. The van der Waals surface area contributed by atoms with Crippen molar-refractivity contribution in [3.8, 4) is 0 Å². The largest absolute Gasteiger partial charge is 0.118 e. The van der Waals surface area contributed by atoms with Crippen LogP contribution in [0.15, 0.2) is 30.3 Å². The zero-order valence-electron chi connectivity index (χ0n) is 10.7. The summed E-state index contributed by atoms with van der Waals surface area (Å²) in [6.07, 6.45) is 8.42. The third-order valence-electron chi connectivity index (χ3n) is 4.05. The standard InChI is InChI=1S/C16H23Cl/c1-13(12-14-8-4-2-5-9-14)16(17)15-10-6-3-7-11-15/h3,6-7,10-11,13-14,16H,2,4-5,8-9,12H2,1H3. The second kappa shape index (κ2) is 6.44. The quantitative estimate of drug-likeness (QED) is 0.613. The van der Waals surface area contributed by atoms with Gasteiger partial charge in [-0.25, -0.2) is 0 Å². The predicted molar refractivity (Wildman–Crippen MR) is 75.4 cm³/mol. The summed E-state index contributed by atoms with van der Waals surface area (Å²) in [5.41, 5.74) is 1.28. The molecule has 0 aliphatic heterocycles. The van der Waals surface area contributed by atoms with Crippen LogP contribution in [0.4, 0.5) is 0 Å². The number of benzene rings is 1. The van der Waals surface area contributed by atoms with E-state index in [1.54, 1.807) is 0 Å². The van der Waals surface area contributed by atoms with Crippen molar-refractivity contribution < 1.29 is 0 Å². The second-order valence-electron chi connectivity index (χ2n) is 5.53. The van der Waals surface area contributed by atoms with E-state index in [-0.39, 0.29) is 5.38 Å². The molecule has 0 heterocycles. The first kappa shape index (κ1) is 13.0. The van der Waals surface area contributed by atoms with Gasteiger partial charge in [-0.05, 0) is 23.8 Å². The van der Waals surface area contributed by atoms with Gasteiger partial charge in [0, 0.05) is 0 Å². The molecule has 1 aliphatic carbocycles. The molecule has 2 unspecified atom stereocenters. The molecule has 0 saturated heterocycles. The van der Waals surface area contributed by atoms with Crippen molar-refractivity contribution in [1.82, 2.24) is 0 Å². The molecule has 2 atom stereocenters. The highest BCUT2D eigenvalue weighted by Crippen LogP contribution is 2.36. The fraction of sp³-hybridized carbons (Fsp3) is 0.625. The van der Waals surface area contributed by atoms with E-state index < -0.39 is 0 Å². The Morgan fingerprint density at radius 2 is 1.76 bits per heavy atom. The topological polar surface area (TPSA) is 0 Å². The van der Waals surface area contributed by atoms with Gasteiger partial charge in [-0.3, -0.25) is 0 Å². The number of alkyl halides is 1. The molecule has 1 aliphatic rings. The first-order valence-electron chi connectivity index (χ1n) is 6.96. The Kier molecular flexibility index (Phi) is 4.91. The van der Waals surface area contributed by atoms with Crippen LogP contribution in [0.25, 0.3) is 0 Å². The van der Waals surface area contributed by atoms with Gasteiger partial charge in [-0.1, -0.05) is 69.4 Å². The maximum atomic E-state index is 6.58. The zero-order valence-corrected chi connectivity index (χ0v) is 11.5. The third-order valence-corrected chi connectivity index (χ3v) is 4.73. The van der Waals surface area contributed by atoms with Crippen molar-refractivity contribution in [3.05, 3.63) is 35.9 Å². The number of rotatable bonds is 4. The van der Waals surface area contributed by atoms with Crippen molar-refractivity contribution in [3.63, 3.8) is 0 Å². The third kappa shape index (κ3) is 3.74. The van der Waals surface area contributed by atoms with E-state index in [0.717, 1.165) is 5.92 Å². The lowest BCUT2D eigenvalue weighted by Gasteiger charge is -2.27. The zero-order chi connectivity index (χ0) is 12.1. The Balaban J connectivity index is 1.88. The lowest BCUT2D eigenvalue weighted by atomic mass is 9.81. The van der Waals surface area contributed by atoms with E-state index in [0.29, 0.717) is 5.92 Å². The van der Waals surface area contributed by atoms with E-state index in [1.807, 2.05) is 0 Å². The van der Waals surface area contributed by atoms with Gasteiger partial charge in [-0.2, -0.15) is 0 Å². The molecule has 0 amide bonds. The van der Waals surface area contributed by atoms with Crippen LogP contribution >= 0.6 is 11.6 Å². The molecular formula is C16H23Cl. The van der Waals surface area contributed by atoms with E-state index >= 15 is 0 Å². The van der Waals surface area contributed by atoms with Crippen molar-refractivity contribution in [2.45, 2.75) is 50.8 Å². The van der Waals surface area contributed by atoms with Crippen LogP contribution in [0.2, 0.25) is 0 Å². The van der Waals surface area contributed by atoms with Gasteiger partial charge in [0.05, 0.1) is 5.38 Å². The minimum Gasteiger partial charge on any atom is -0.118 e. The minimum atomic E-state index is 0.179. The fourth-order valence-electron chi connectivity index (χ4n) is 3.03. The van der Waals surface area contributed by atoms with Gasteiger partial charge in [0.25, 0.3) is 0 Å². The molecule has 1 aromatic rings. The van der Waals surface area contributed by atoms with Gasteiger partial charge < -0.3 is 0 Å². The average Bonchev–Trinajstić information content (AvgIpc) is 2.40. The molecule has 1 fully saturated rings. The fourth-order valence-corrected chi connectivity index (χ4v) is 3.28. The Hall–Kier alpha value is -0.490. The van der Waals surface area contributed by atoms with Crippen molar-refractivity contribution in [2.75, 3.05) is 0 Å². The normalized spacial score (nSPS) is 21.1. The highest BCUT2D eigenvalue weighted by atomic mass is 35.5. The summed E-state index contributed by atoms with van der Waals surface area (Å²) < 4.78 is 0. The first-order valence-corrected chi connectivity index (χ1v) is 7.40. The van der Waals surface area contributed by atoms with Crippen LogP contribution in [-0.4, -0.2) is 0 Å². The molecule has 0 radical (unpaired) electrons. The van der Waals surface area contributed by atoms with Gasteiger partial charge in [0.15, 0.2) is 0 Å². The maximum absolute atomic E-state index is 6.58. The molecule has 1 aromatic carbocycles. The molecule has 94 valence electrons. The van der Waals surface area contributed by atoms with Gasteiger partial charge in [0.2, 0.25) is 0 Å². The lowest BCUT2D eigenvalue weighted by molar-refractivity contribution is 0.292. The van der Waals surface area contributed by atoms with E-state index in [9.17, 15) is 0 Å². The molecule has 0 nitrogen and oxygen atoms in total. The summed E-state index contributed by atoms with van der Waals surface area (Å²) in [5.74, 6) is 1.51. The molecule has 2 rings (SSSR count). The van der Waals surface area contributed by atoms with Crippen molar-refractivity contribution >= 4 is 11.6 Å². The number of halogens is 1. The highest BCUT2D eigenvalue weighted by molar-refractivity contribution is 6.20. The summed E-state index contributed by atoms with van der Waals surface area (Å²) in [5, 5.41) is 0.179. The predicted octanol–water partition coefficient (Wildman–Crippen LogP) is 5.57. The van der Waals surface area contributed by atoms with Gasteiger partial charge >= 0.3 is 0 Å². The van der Waals surface area contributed by atoms with Crippen LogP contribution in [0.3, 0.4) is 0 Å². The van der Waals surface area contributed by atoms with E-state index in [1.165, 1.54) is 44.1 Å². The molecule has 1 heteroatoms. The summed E-state index contributed by atoms with van der Waals surface area (Å²) >= 11 is 6.58. The smallest absolute Gasteiger partial charge is 0.0610 e. The molecule has 0 N–H and O–H groups in total. The Morgan fingerprint density at radius 1 is 1.12 bits per heavy atom. The molecule has 1 saturated carbocycles. The van der Waals surface area contributed by atoms with E-state index in [4.69, 9.17) is 11.6 Å². The Labute approximate surface area is 110 Å². The average molecular weight is 251 g/mol. The van der Waals surface area contributed by atoms with Crippen LogP contribution < -0.4 is 0 Å². The van der Waals surface area contributed by atoms with Crippen LogP contribution in [0.1, 0.15) is 56.4 Å². The van der Waals surface area contributed by atoms with Crippen LogP contribution in [0.5, 0.6) is 0 Å². The molecule has 0 aromatic heterocycles. The molecular weight excluding hydrogens is 228 g/mol. The van der Waals surface area contributed by atoms with Gasteiger partial charge in [0.1, 0.15) is 0 Å². The van der Waals surface area contributed by atoms with Gasteiger partial charge in [-0.15, -0.1) is 11.6 Å². The lowest BCUT2D eigenvalue weighted by Crippen LogP contribution is -2.13. The SMILES string of the molecule is CC(CC1CCCCC1)C(Cl)c1ccccc1. The van der Waals surface area contributed by atoms with Crippen LogP contribution in [0, 0.1) is 11.8 Å². The number of hydrogen-bond acceptors (Lipinski definition) is 0. The Morgan fingerprint density at radius 3 is 2.41 bits per heavy atom. The first-order chi connectivity index (χ1) is 8.27. The van der Waals surface area contributed by atoms with E-state index in [2.05, 4.69) is 37.3 Å². The minimum absolute atomic E-state index is 0.179. The molecule has 0 bridgehead atoms. The highest BCUT2D eigenvalue weighted by Gasteiger charge is 2.22. The van der Waals surface area contributed by atoms with Crippen molar-refractivity contribution in [1.29, 1.82) is 0 Å². The van der Waals surface area contributed by atoms with Crippen LogP contribution in [-0.2, 0) is 0 Å². The molecule has 17 heavy (non-hydrogen) atoms. The summed E-state index contributed by atoms with van der Waals surface area (Å²) in [6, 6.07) is 10.5. The summed E-state index contributed by atoms with van der Waals surface area (Å²) in [7, 11) is 0. The second-order valence-corrected chi connectivity index (χ2v) is 6.00. The monoisotopic (exact) mass is 250 g/mol. The van der Waals surface area contributed by atoms with Crippen molar-refractivity contribution in [2.24, 2.45) is 11.8 Å². The molecule has 0 spiro atoms.